The molecule has 0 saturated heterocycles. The van der Waals surface area contributed by atoms with Gasteiger partial charge in [0.05, 0.1) is 5.69 Å². The Labute approximate surface area is 115 Å². The molecule has 0 heterocycles. The van der Waals surface area contributed by atoms with Crippen LogP contribution in [-0.4, -0.2) is 19.5 Å². The number of carbonyl (C=O) groups excluding carboxylic acids is 1. The molecule has 0 aliphatic carbocycles. The van der Waals surface area contributed by atoms with Crippen LogP contribution >= 0.6 is 27.5 Å². The SMILES string of the molecule is CNCCCC(=O)Nc1cc(Cl)c(C)cc1Br. The van der Waals surface area contributed by atoms with E-state index < -0.39 is 0 Å². The van der Waals surface area contributed by atoms with Crippen LogP contribution in [0.4, 0.5) is 5.69 Å². The summed E-state index contributed by atoms with van der Waals surface area (Å²) < 4.78 is 0.848. The number of anilines is 1. The molecule has 2 N–H and O–H groups in total. The predicted molar refractivity (Wildman–Crippen MR) is 75.7 cm³/mol. The molecule has 0 spiro atoms. The lowest BCUT2D eigenvalue weighted by molar-refractivity contribution is -0.116. The first-order valence-electron chi connectivity index (χ1n) is 5.44. The van der Waals surface area contributed by atoms with Crippen molar-refractivity contribution in [3.63, 3.8) is 0 Å². The second-order valence-corrected chi connectivity index (χ2v) is 5.10. The number of nitrogens with one attached hydrogen (secondary N) is 2. The molecule has 1 aromatic carbocycles. The first kappa shape index (κ1) is 14.5. The van der Waals surface area contributed by atoms with Crippen molar-refractivity contribution in [1.29, 1.82) is 0 Å². The summed E-state index contributed by atoms with van der Waals surface area (Å²) in [5, 5.41) is 6.50. The van der Waals surface area contributed by atoms with E-state index >= 15 is 0 Å². The third kappa shape index (κ3) is 4.66. The van der Waals surface area contributed by atoms with Crippen molar-refractivity contribution in [3.05, 3.63) is 27.2 Å². The standard InChI is InChI=1S/C12H16BrClN2O/c1-8-6-9(13)11(7-10(8)14)16-12(17)4-3-5-15-2/h6-7,15H,3-5H2,1-2H3,(H,16,17). The minimum atomic E-state index is 0.000805. The molecular weight excluding hydrogens is 304 g/mol. The Kier molecular flexibility index (Phi) is 5.95. The molecule has 1 aromatic rings. The van der Waals surface area contributed by atoms with Gasteiger partial charge in [0, 0.05) is 15.9 Å². The van der Waals surface area contributed by atoms with Crippen molar-refractivity contribution in [2.24, 2.45) is 0 Å². The molecule has 0 unspecified atom stereocenters. The molecule has 0 aliphatic heterocycles. The first-order chi connectivity index (χ1) is 8.04. The second kappa shape index (κ2) is 6.99. The predicted octanol–water partition coefficient (Wildman–Crippen LogP) is 3.35. The molecule has 0 fully saturated rings. The van der Waals surface area contributed by atoms with Gasteiger partial charge in [-0.2, -0.15) is 0 Å². The Morgan fingerprint density at radius 2 is 2.18 bits per heavy atom. The minimum absolute atomic E-state index is 0.000805. The summed E-state index contributed by atoms with van der Waals surface area (Å²) in [5.41, 5.74) is 1.70. The zero-order chi connectivity index (χ0) is 12.8. The third-order valence-electron chi connectivity index (χ3n) is 2.35. The van der Waals surface area contributed by atoms with Crippen LogP contribution in [0.15, 0.2) is 16.6 Å². The Morgan fingerprint density at radius 3 is 2.82 bits per heavy atom. The second-order valence-electron chi connectivity index (χ2n) is 3.84. The Hall–Kier alpha value is -0.580. The van der Waals surface area contributed by atoms with Gasteiger partial charge in [-0.1, -0.05) is 11.6 Å². The van der Waals surface area contributed by atoms with Crippen LogP contribution in [0.3, 0.4) is 0 Å². The Morgan fingerprint density at radius 1 is 1.47 bits per heavy atom. The van der Waals surface area contributed by atoms with Crippen LogP contribution in [-0.2, 0) is 4.79 Å². The van der Waals surface area contributed by atoms with Gasteiger partial charge in [0.2, 0.25) is 5.91 Å². The van der Waals surface area contributed by atoms with E-state index in [1.54, 1.807) is 6.07 Å². The quantitative estimate of drug-likeness (QED) is 0.817. The van der Waals surface area contributed by atoms with Crippen LogP contribution in [0.25, 0.3) is 0 Å². The highest BCUT2D eigenvalue weighted by molar-refractivity contribution is 9.10. The highest BCUT2D eigenvalue weighted by Gasteiger charge is 2.07. The molecule has 94 valence electrons. The first-order valence-corrected chi connectivity index (χ1v) is 6.61. The lowest BCUT2D eigenvalue weighted by atomic mass is 10.2. The van der Waals surface area contributed by atoms with Gasteiger partial charge in [-0.3, -0.25) is 4.79 Å². The summed E-state index contributed by atoms with van der Waals surface area (Å²) in [6.45, 7) is 2.76. The number of halogens is 2. The normalized spacial score (nSPS) is 10.4. The Bertz CT molecular complexity index is 410. The number of hydrogen-bond donors (Lipinski definition) is 2. The number of amides is 1. The monoisotopic (exact) mass is 318 g/mol. The molecule has 3 nitrogen and oxygen atoms in total. The lowest BCUT2D eigenvalue weighted by Gasteiger charge is -2.09. The van der Waals surface area contributed by atoms with Crippen LogP contribution in [0.5, 0.6) is 0 Å². The van der Waals surface area contributed by atoms with Gasteiger partial charge in [-0.05, 0) is 60.6 Å². The van der Waals surface area contributed by atoms with Crippen molar-refractivity contribution >= 4 is 39.1 Å². The molecule has 0 radical (unpaired) electrons. The molecule has 0 bridgehead atoms. The maximum absolute atomic E-state index is 11.6. The van der Waals surface area contributed by atoms with Crippen molar-refractivity contribution in [2.45, 2.75) is 19.8 Å². The van der Waals surface area contributed by atoms with Gasteiger partial charge >= 0.3 is 0 Å². The molecule has 17 heavy (non-hydrogen) atoms. The summed E-state index contributed by atoms with van der Waals surface area (Å²) in [6, 6.07) is 3.66. The van der Waals surface area contributed by atoms with Gasteiger partial charge in [0.25, 0.3) is 0 Å². The zero-order valence-electron chi connectivity index (χ0n) is 9.94. The van der Waals surface area contributed by atoms with Crippen LogP contribution in [0.1, 0.15) is 18.4 Å². The van der Waals surface area contributed by atoms with Crippen molar-refractivity contribution in [2.75, 3.05) is 18.9 Å². The molecule has 1 amide bonds. The van der Waals surface area contributed by atoms with E-state index in [9.17, 15) is 4.79 Å². The number of aryl methyl sites for hydroxylation is 1. The third-order valence-corrected chi connectivity index (χ3v) is 3.42. The zero-order valence-corrected chi connectivity index (χ0v) is 12.3. The number of hydrogen-bond acceptors (Lipinski definition) is 2. The van der Waals surface area contributed by atoms with E-state index in [-0.39, 0.29) is 5.91 Å². The summed E-state index contributed by atoms with van der Waals surface area (Å²) in [7, 11) is 1.87. The molecule has 0 aromatic heterocycles. The van der Waals surface area contributed by atoms with Crippen molar-refractivity contribution in [3.8, 4) is 0 Å². The number of carbonyl (C=O) groups is 1. The molecule has 0 aliphatic rings. The van der Waals surface area contributed by atoms with Gasteiger partial charge < -0.3 is 10.6 Å². The smallest absolute Gasteiger partial charge is 0.224 e. The number of benzene rings is 1. The fourth-order valence-electron chi connectivity index (χ4n) is 1.38. The minimum Gasteiger partial charge on any atom is -0.325 e. The van der Waals surface area contributed by atoms with Crippen LogP contribution in [0, 0.1) is 6.92 Å². The molecule has 5 heteroatoms. The fraction of sp³-hybridized carbons (Fsp3) is 0.417. The van der Waals surface area contributed by atoms with Crippen LogP contribution in [0.2, 0.25) is 5.02 Å². The average molecular weight is 320 g/mol. The van der Waals surface area contributed by atoms with Gasteiger partial charge in [-0.15, -0.1) is 0 Å². The number of rotatable bonds is 5. The van der Waals surface area contributed by atoms with E-state index in [0.29, 0.717) is 11.4 Å². The maximum Gasteiger partial charge on any atom is 0.224 e. The van der Waals surface area contributed by atoms with E-state index in [4.69, 9.17) is 11.6 Å². The van der Waals surface area contributed by atoms with Crippen molar-refractivity contribution in [1.82, 2.24) is 5.32 Å². The highest BCUT2D eigenvalue weighted by atomic mass is 79.9. The van der Waals surface area contributed by atoms with Gasteiger partial charge in [0.15, 0.2) is 0 Å². The molecule has 0 saturated carbocycles. The van der Waals surface area contributed by atoms with Gasteiger partial charge in [0.1, 0.15) is 0 Å². The topological polar surface area (TPSA) is 41.1 Å². The Balaban J connectivity index is 2.62. The van der Waals surface area contributed by atoms with E-state index in [0.717, 1.165) is 28.7 Å². The molecule has 0 atom stereocenters. The summed E-state index contributed by atoms with van der Waals surface area (Å²) >= 11 is 9.42. The van der Waals surface area contributed by atoms with Crippen LogP contribution < -0.4 is 10.6 Å². The lowest BCUT2D eigenvalue weighted by Crippen LogP contribution is -2.15. The highest BCUT2D eigenvalue weighted by Crippen LogP contribution is 2.29. The molecular formula is C12H16BrClN2O. The summed E-state index contributed by atoms with van der Waals surface area (Å²) in [5.74, 6) is 0.000805. The average Bonchev–Trinajstić information content (AvgIpc) is 2.26. The van der Waals surface area contributed by atoms with E-state index in [1.165, 1.54) is 0 Å². The van der Waals surface area contributed by atoms with Gasteiger partial charge in [-0.25, -0.2) is 0 Å². The summed E-state index contributed by atoms with van der Waals surface area (Å²) in [4.78, 5) is 11.6. The van der Waals surface area contributed by atoms with Crippen molar-refractivity contribution < 1.29 is 4.79 Å². The van der Waals surface area contributed by atoms with E-state index in [2.05, 4.69) is 26.6 Å². The van der Waals surface area contributed by atoms with E-state index in [1.807, 2.05) is 20.0 Å². The maximum atomic E-state index is 11.6. The fourth-order valence-corrected chi connectivity index (χ4v) is 2.10. The molecule has 1 rings (SSSR count). The summed E-state index contributed by atoms with van der Waals surface area (Å²) in [6.07, 6.45) is 1.32. The largest absolute Gasteiger partial charge is 0.325 e.